The number of hydrogen-bond donors (Lipinski definition) is 2. The lowest BCUT2D eigenvalue weighted by Crippen LogP contribution is -2.45. The fourth-order valence-electron chi connectivity index (χ4n) is 4.00. The predicted molar refractivity (Wildman–Crippen MR) is 117 cm³/mol. The third kappa shape index (κ3) is 4.49. The molecule has 1 heterocycles. The van der Waals surface area contributed by atoms with E-state index in [0.717, 1.165) is 36.2 Å². The molecule has 1 fully saturated rings. The summed E-state index contributed by atoms with van der Waals surface area (Å²) in [5.41, 5.74) is 3.46. The van der Waals surface area contributed by atoms with Crippen LogP contribution >= 0.6 is 12.2 Å². The quantitative estimate of drug-likeness (QED) is 0.589. The Morgan fingerprint density at radius 3 is 2.43 bits per heavy atom. The van der Waals surface area contributed by atoms with Crippen molar-refractivity contribution >= 4 is 29.0 Å². The third-order valence-electron chi connectivity index (χ3n) is 6.06. The van der Waals surface area contributed by atoms with Gasteiger partial charge in [-0.25, -0.2) is 4.79 Å². The molecule has 4 atom stereocenters. The van der Waals surface area contributed by atoms with Crippen molar-refractivity contribution in [2.45, 2.75) is 52.2 Å². The average Bonchev–Trinajstić information content (AvgIpc) is 2.64. The van der Waals surface area contributed by atoms with E-state index in [0.29, 0.717) is 22.5 Å². The summed E-state index contributed by atoms with van der Waals surface area (Å²) in [4.78, 5) is 15.2. The molecule has 0 aromatic heterocycles. The number of carbonyl (C=O) groups excluding carboxylic acids is 1. The van der Waals surface area contributed by atoms with Crippen LogP contribution in [0.1, 0.15) is 51.6 Å². The lowest BCUT2D eigenvalue weighted by molar-refractivity contribution is -0.147. The Bertz CT molecular complexity index is 772. The van der Waals surface area contributed by atoms with Gasteiger partial charge in [0, 0.05) is 25.5 Å². The zero-order valence-corrected chi connectivity index (χ0v) is 18.2. The number of benzene rings is 1. The van der Waals surface area contributed by atoms with Gasteiger partial charge >= 0.3 is 5.97 Å². The van der Waals surface area contributed by atoms with Crippen molar-refractivity contribution in [3.05, 3.63) is 41.1 Å². The van der Waals surface area contributed by atoms with Gasteiger partial charge in [-0.1, -0.05) is 26.0 Å². The summed E-state index contributed by atoms with van der Waals surface area (Å²) in [7, 11) is 4.01. The second-order valence-corrected chi connectivity index (χ2v) is 8.76. The number of thiocarbonyl (C=S) groups is 1. The number of ether oxygens (including phenoxy) is 1. The zero-order chi connectivity index (χ0) is 20.4. The highest BCUT2D eigenvalue weighted by Crippen LogP contribution is 2.33. The first-order chi connectivity index (χ1) is 13.3. The van der Waals surface area contributed by atoms with Crippen molar-refractivity contribution in [3.63, 3.8) is 0 Å². The Kier molecular flexibility index (Phi) is 6.28. The molecule has 3 rings (SSSR count). The van der Waals surface area contributed by atoms with Gasteiger partial charge in [0.15, 0.2) is 5.11 Å². The predicted octanol–water partition coefficient (Wildman–Crippen LogP) is 3.91. The molecule has 0 amide bonds. The van der Waals surface area contributed by atoms with Crippen LogP contribution in [0, 0.1) is 11.8 Å². The summed E-state index contributed by atoms with van der Waals surface area (Å²) in [6.45, 7) is 6.40. The second-order valence-electron chi connectivity index (χ2n) is 8.35. The molecule has 1 aliphatic heterocycles. The van der Waals surface area contributed by atoms with Crippen LogP contribution in [0.2, 0.25) is 0 Å². The maximum Gasteiger partial charge on any atom is 0.338 e. The van der Waals surface area contributed by atoms with Gasteiger partial charge < -0.3 is 20.3 Å². The minimum atomic E-state index is -0.308. The van der Waals surface area contributed by atoms with Crippen molar-refractivity contribution < 1.29 is 9.53 Å². The number of esters is 1. The number of nitrogens with one attached hydrogen (secondary N) is 2. The number of nitrogens with zero attached hydrogens (tertiary/aromatic N) is 1. The van der Waals surface area contributed by atoms with Crippen LogP contribution < -0.4 is 15.5 Å². The third-order valence-corrected chi connectivity index (χ3v) is 6.28. The fourth-order valence-corrected chi connectivity index (χ4v) is 4.27. The van der Waals surface area contributed by atoms with E-state index in [1.165, 1.54) is 0 Å². The summed E-state index contributed by atoms with van der Waals surface area (Å²) in [5, 5.41) is 6.85. The van der Waals surface area contributed by atoms with Crippen LogP contribution in [0.15, 0.2) is 35.5 Å². The average molecular weight is 402 g/mol. The van der Waals surface area contributed by atoms with E-state index in [4.69, 9.17) is 17.0 Å². The molecule has 1 saturated carbocycles. The van der Waals surface area contributed by atoms with Gasteiger partial charge in [0.2, 0.25) is 0 Å². The first kappa shape index (κ1) is 20.6. The van der Waals surface area contributed by atoms with Crippen LogP contribution in [0.5, 0.6) is 0 Å². The van der Waals surface area contributed by atoms with Gasteiger partial charge in [-0.3, -0.25) is 0 Å². The monoisotopic (exact) mass is 401 g/mol. The Morgan fingerprint density at radius 2 is 1.82 bits per heavy atom. The molecule has 2 aliphatic rings. The zero-order valence-electron chi connectivity index (χ0n) is 17.4. The standard InChI is InChI=1S/C22H31N3O2S/c1-13-6-11-18(12-14(13)2)27-21(26)19-15(3)23-22(28)24-20(19)16-7-9-17(10-8-16)25(4)5/h7-10,13-14,18,20H,6,11-12H2,1-5H3,(H2,23,24,28)/t13-,14+,18+,20+/m0/s1. The molecule has 5 nitrogen and oxygen atoms in total. The molecule has 0 spiro atoms. The largest absolute Gasteiger partial charge is 0.459 e. The summed E-state index contributed by atoms with van der Waals surface area (Å²) >= 11 is 5.34. The smallest absolute Gasteiger partial charge is 0.338 e. The highest BCUT2D eigenvalue weighted by Gasteiger charge is 2.34. The number of anilines is 1. The van der Waals surface area contributed by atoms with E-state index in [1.807, 2.05) is 50.2 Å². The fraction of sp³-hybridized carbons (Fsp3) is 0.545. The topological polar surface area (TPSA) is 53.6 Å². The Morgan fingerprint density at radius 1 is 1.14 bits per heavy atom. The molecule has 1 aliphatic carbocycles. The summed E-state index contributed by atoms with van der Waals surface area (Å²) in [6.07, 6.45) is 2.96. The Labute approximate surface area is 173 Å². The molecule has 152 valence electrons. The molecule has 0 unspecified atom stereocenters. The van der Waals surface area contributed by atoms with Crippen LogP contribution in [0.4, 0.5) is 5.69 Å². The van der Waals surface area contributed by atoms with E-state index in [-0.39, 0.29) is 18.1 Å². The molecule has 2 N–H and O–H groups in total. The van der Waals surface area contributed by atoms with Gasteiger partial charge in [0.25, 0.3) is 0 Å². The molecule has 0 saturated heterocycles. The minimum absolute atomic E-state index is 0.00959. The van der Waals surface area contributed by atoms with Gasteiger partial charge in [-0.05, 0) is 67.9 Å². The van der Waals surface area contributed by atoms with E-state index >= 15 is 0 Å². The lowest BCUT2D eigenvalue weighted by Gasteiger charge is -2.34. The molecule has 1 aromatic carbocycles. The molecule has 6 heteroatoms. The summed E-state index contributed by atoms with van der Waals surface area (Å²) in [5.74, 6) is 1.01. The van der Waals surface area contributed by atoms with Crippen molar-refractivity contribution in [3.8, 4) is 0 Å². The second kappa shape index (κ2) is 8.52. The first-order valence-corrected chi connectivity index (χ1v) is 10.4. The minimum Gasteiger partial charge on any atom is -0.459 e. The molecule has 0 bridgehead atoms. The van der Waals surface area contributed by atoms with Gasteiger partial charge in [0.05, 0.1) is 11.6 Å². The SMILES string of the molecule is CC1=C(C(=O)O[C@@H]2CC[C@H](C)[C@H](C)C2)[C@@H](c2ccc(N(C)C)cc2)NC(=S)N1. The maximum atomic E-state index is 13.1. The molecule has 28 heavy (non-hydrogen) atoms. The van der Waals surface area contributed by atoms with Crippen molar-refractivity contribution in [1.29, 1.82) is 0 Å². The summed E-state index contributed by atoms with van der Waals surface area (Å²) in [6, 6.07) is 7.85. The van der Waals surface area contributed by atoms with E-state index in [1.54, 1.807) is 0 Å². The Balaban J connectivity index is 1.82. The highest BCUT2D eigenvalue weighted by molar-refractivity contribution is 7.80. The van der Waals surface area contributed by atoms with E-state index in [9.17, 15) is 4.79 Å². The first-order valence-electron chi connectivity index (χ1n) is 10.0. The van der Waals surface area contributed by atoms with Crippen LogP contribution in [-0.2, 0) is 9.53 Å². The number of hydrogen-bond acceptors (Lipinski definition) is 4. The number of rotatable bonds is 4. The van der Waals surface area contributed by atoms with Crippen molar-refractivity contribution in [2.75, 3.05) is 19.0 Å². The molecule has 1 aromatic rings. The maximum absolute atomic E-state index is 13.1. The summed E-state index contributed by atoms with van der Waals surface area (Å²) < 4.78 is 5.94. The number of carbonyl (C=O) groups is 1. The van der Waals surface area contributed by atoms with Crippen LogP contribution in [0.3, 0.4) is 0 Å². The van der Waals surface area contributed by atoms with Gasteiger partial charge in [-0.15, -0.1) is 0 Å². The highest BCUT2D eigenvalue weighted by atomic mass is 32.1. The van der Waals surface area contributed by atoms with Gasteiger partial charge in [0.1, 0.15) is 6.10 Å². The molecule has 0 radical (unpaired) electrons. The van der Waals surface area contributed by atoms with E-state index in [2.05, 4.69) is 24.5 Å². The van der Waals surface area contributed by atoms with Crippen LogP contribution in [-0.4, -0.2) is 31.3 Å². The van der Waals surface area contributed by atoms with Crippen molar-refractivity contribution in [1.82, 2.24) is 10.6 Å². The number of allylic oxidation sites excluding steroid dienone is 1. The molecular weight excluding hydrogens is 370 g/mol. The normalized spacial score (nSPS) is 27.7. The van der Waals surface area contributed by atoms with Crippen LogP contribution in [0.25, 0.3) is 0 Å². The Hall–Kier alpha value is -2.08. The van der Waals surface area contributed by atoms with Crippen molar-refractivity contribution in [2.24, 2.45) is 11.8 Å². The van der Waals surface area contributed by atoms with Gasteiger partial charge in [-0.2, -0.15) is 0 Å². The molecular formula is C22H31N3O2S. The lowest BCUT2D eigenvalue weighted by atomic mass is 9.80. The van der Waals surface area contributed by atoms with E-state index < -0.39 is 0 Å².